The largest absolute Gasteiger partial charge is 0.307 e. The minimum absolute atomic E-state index is 0.0880. The summed E-state index contributed by atoms with van der Waals surface area (Å²) < 4.78 is 0. The number of carbonyl (C=O) groups is 1. The van der Waals surface area contributed by atoms with Crippen LogP contribution in [0.2, 0.25) is 0 Å². The predicted molar refractivity (Wildman–Crippen MR) is 87.7 cm³/mol. The van der Waals surface area contributed by atoms with Crippen LogP contribution in [-0.4, -0.2) is 18.5 Å². The van der Waals surface area contributed by atoms with E-state index >= 15 is 0 Å². The van der Waals surface area contributed by atoms with E-state index in [1.807, 2.05) is 48.5 Å². The monoisotopic (exact) mass is 302 g/mol. The van der Waals surface area contributed by atoms with Crippen LogP contribution in [0.4, 0.5) is 5.69 Å². The molecule has 0 unspecified atom stereocenters. The lowest BCUT2D eigenvalue weighted by Gasteiger charge is -2.25. The topological polar surface area (TPSA) is 49.7 Å². The second-order valence-corrected chi connectivity index (χ2v) is 5.13. The Bertz CT molecular complexity index is 855. The number of anilines is 1. The van der Waals surface area contributed by atoms with Crippen LogP contribution in [-0.2, 0) is 16.1 Å². The summed E-state index contributed by atoms with van der Waals surface area (Å²) in [5.41, 5.74) is 3.52. The summed E-state index contributed by atoms with van der Waals surface area (Å²) in [6, 6.07) is 15.4. The molecule has 0 bridgehead atoms. The molecule has 1 amide bonds. The first kappa shape index (κ1) is 14.8. The molecule has 0 aromatic heterocycles. The molecule has 1 heterocycles. The Labute approximate surface area is 134 Å². The van der Waals surface area contributed by atoms with Gasteiger partial charge in [-0.2, -0.15) is 0 Å². The number of benzene rings is 2. The summed E-state index contributed by atoms with van der Waals surface area (Å²) in [5, 5.41) is 0. The van der Waals surface area contributed by atoms with Crippen LogP contribution >= 0.6 is 0 Å². The van der Waals surface area contributed by atoms with E-state index in [1.165, 1.54) is 6.08 Å². The SMILES string of the molecule is O=C=NCCC(=O)N1Cc2ccccc2C#Cc2ccccc21. The second kappa shape index (κ2) is 6.74. The number of para-hydroxylation sites is 1. The van der Waals surface area contributed by atoms with Gasteiger partial charge >= 0.3 is 0 Å². The van der Waals surface area contributed by atoms with Gasteiger partial charge in [-0.3, -0.25) is 4.79 Å². The molecule has 3 rings (SSSR count). The predicted octanol–water partition coefficient (Wildman–Crippen LogP) is 2.66. The number of hydrogen-bond donors (Lipinski definition) is 0. The van der Waals surface area contributed by atoms with Crippen molar-refractivity contribution >= 4 is 17.7 Å². The van der Waals surface area contributed by atoms with Crippen molar-refractivity contribution in [3.8, 4) is 11.8 Å². The third-order valence-electron chi connectivity index (χ3n) is 3.68. The van der Waals surface area contributed by atoms with E-state index in [2.05, 4.69) is 16.8 Å². The van der Waals surface area contributed by atoms with Gasteiger partial charge in [-0.05, 0) is 23.8 Å². The highest BCUT2D eigenvalue weighted by Crippen LogP contribution is 2.25. The molecule has 4 heteroatoms. The van der Waals surface area contributed by atoms with Gasteiger partial charge < -0.3 is 4.90 Å². The van der Waals surface area contributed by atoms with Gasteiger partial charge in [0.15, 0.2) is 0 Å². The zero-order chi connectivity index (χ0) is 16.1. The van der Waals surface area contributed by atoms with Crippen molar-refractivity contribution in [2.75, 3.05) is 11.4 Å². The quantitative estimate of drug-likeness (QED) is 0.497. The summed E-state index contributed by atoms with van der Waals surface area (Å²) in [5.74, 6) is 6.23. The van der Waals surface area contributed by atoms with Crippen molar-refractivity contribution < 1.29 is 9.59 Å². The number of amides is 1. The van der Waals surface area contributed by atoms with Crippen LogP contribution in [0.1, 0.15) is 23.1 Å². The van der Waals surface area contributed by atoms with Gasteiger partial charge in [-0.1, -0.05) is 42.2 Å². The minimum atomic E-state index is -0.0880. The van der Waals surface area contributed by atoms with Crippen molar-refractivity contribution in [3.05, 3.63) is 65.2 Å². The summed E-state index contributed by atoms with van der Waals surface area (Å²) in [6.45, 7) is 0.597. The number of fused-ring (bicyclic) bond motifs is 2. The van der Waals surface area contributed by atoms with Crippen molar-refractivity contribution in [2.45, 2.75) is 13.0 Å². The van der Waals surface area contributed by atoms with Crippen LogP contribution in [0.25, 0.3) is 0 Å². The molecule has 4 nitrogen and oxygen atoms in total. The van der Waals surface area contributed by atoms with E-state index in [0.29, 0.717) is 6.54 Å². The third-order valence-corrected chi connectivity index (χ3v) is 3.68. The van der Waals surface area contributed by atoms with Gasteiger partial charge in [0.1, 0.15) is 0 Å². The lowest BCUT2D eigenvalue weighted by atomic mass is 10.0. The van der Waals surface area contributed by atoms with E-state index < -0.39 is 0 Å². The average molecular weight is 302 g/mol. The maximum atomic E-state index is 12.6. The maximum absolute atomic E-state index is 12.6. The highest BCUT2D eigenvalue weighted by molar-refractivity contribution is 5.95. The average Bonchev–Trinajstić information content (AvgIpc) is 2.57. The minimum Gasteiger partial charge on any atom is -0.307 e. The molecule has 0 aliphatic carbocycles. The molecule has 2 aromatic rings. The molecule has 0 fully saturated rings. The fraction of sp³-hybridized carbons (Fsp3) is 0.158. The number of rotatable bonds is 3. The van der Waals surface area contributed by atoms with Gasteiger partial charge in [-0.25, -0.2) is 9.79 Å². The molecule has 0 N–H and O–H groups in total. The smallest absolute Gasteiger partial charge is 0.234 e. The summed E-state index contributed by atoms with van der Waals surface area (Å²) >= 11 is 0. The molecule has 112 valence electrons. The summed E-state index contributed by atoms with van der Waals surface area (Å²) in [6.07, 6.45) is 1.63. The van der Waals surface area contributed by atoms with Crippen LogP contribution in [0.15, 0.2) is 53.5 Å². The van der Waals surface area contributed by atoms with E-state index in [0.717, 1.165) is 22.4 Å². The lowest BCUT2D eigenvalue weighted by Crippen LogP contribution is -2.32. The van der Waals surface area contributed by atoms with Crippen LogP contribution in [0.5, 0.6) is 0 Å². The fourth-order valence-corrected chi connectivity index (χ4v) is 2.54. The van der Waals surface area contributed by atoms with E-state index in [1.54, 1.807) is 4.90 Å². The summed E-state index contributed by atoms with van der Waals surface area (Å²) in [4.78, 5) is 28.0. The number of isocyanates is 1. The molecule has 23 heavy (non-hydrogen) atoms. The van der Waals surface area contributed by atoms with Crippen LogP contribution in [0, 0.1) is 11.8 Å². The Kier molecular flexibility index (Phi) is 4.33. The molecular weight excluding hydrogens is 288 g/mol. The fourth-order valence-electron chi connectivity index (χ4n) is 2.54. The van der Waals surface area contributed by atoms with Gasteiger partial charge in [0.05, 0.1) is 18.8 Å². The molecule has 0 radical (unpaired) electrons. The maximum Gasteiger partial charge on any atom is 0.234 e. The van der Waals surface area contributed by atoms with Crippen molar-refractivity contribution in [3.63, 3.8) is 0 Å². The van der Waals surface area contributed by atoms with E-state index in [4.69, 9.17) is 0 Å². The zero-order valence-electron chi connectivity index (χ0n) is 12.5. The molecule has 0 saturated carbocycles. The first-order valence-electron chi connectivity index (χ1n) is 7.32. The van der Waals surface area contributed by atoms with Crippen molar-refractivity contribution in [1.82, 2.24) is 0 Å². The first-order chi connectivity index (χ1) is 11.3. The lowest BCUT2D eigenvalue weighted by molar-refractivity contribution is -0.118. The van der Waals surface area contributed by atoms with Crippen LogP contribution in [0.3, 0.4) is 0 Å². The molecule has 0 atom stereocenters. The molecule has 1 aliphatic heterocycles. The third kappa shape index (κ3) is 3.21. The summed E-state index contributed by atoms with van der Waals surface area (Å²) in [7, 11) is 0. The Morgan fingerprint density at radius 1 is 1.09 bits per heavy atom. The van der Waals surface area contributed by atoms with E-state index in [9.17, 15) is 9.59 Å². The highest BCUT2D eigenvalue weighted by atomic mass is 16.2. The molecule has 0 spiro atoms. The Balaban J connectivity index is 2.04. The van der Waals surface area contributed by atoms with E-state index in [-0.39, 0.29) is 18.9 Å². The normalized spacial score (nSPS) is 11.7. The number of hydrogen-bond acceptors (Lipinski definition) is 3. The van der Waals surface area contributed by atoms with Gasteiger partial charge in [0.25, 0.3) is 0 Å². The van der Waals surface area contributed by atoms with Gasteiger partial charge in [-0.15, -0.1) is 0 Å². The van der Waals surface area contributed by atoms with Gasteiger partial charge in [0.2, 0.25) is 12.0 Å². The highest BCUT2D eigenvalue weighted by Gasteiger charge is 2.20. The number of carbonyl (C=O) groups excluding carboxylic acids is 2. The second-order valence-electron chi connectivity index (χ2n) is 5.13. The molecule has 2 aromatic carbocycles. The Hall–Kier alpha value is -3.15. The standard InChI is InChI=1S/C19H14N2O2/c22-14-20-12-11-19(23)21-13-17-7-2-1-5-15(17)9-10-16-6-3-4-8-18(16)21/h1-8H,11-13H2. The number of aliphatic imine (C=N–C) groups is 1. The van der Waals surface area contributed by atoms with Crippen molar-refractivity contribution in [1.29, 1.82) is 0 Å². The Morgan fingerprint density at radius 3 is 2.61 bits per heavy atom. The first-order valence-corrected chi connectivity index (χ1v) is 7.32. The Morgan fingerprint density at radius 2 is 1.78 bits per heavy atom. The molecule has 0 saturated heterocycles. The molecule has 1 aliphatic rings. The molecular formula is C19H14N2O2. The number of nitrogens with zero attached hydrogens (tertiary/aromatic N) is 2. The van der Waals surface area contributed by atoms with Crippen LogP contribution < -0.4 is 4.90 Å². The van der Waals surface area contributed by atoms with Crippen molar-refractivity contribution in [2.24, 2.45) is 4.99 Å². The van der Waals surface area contributed by atoms with Gasteiger partial charge in [0, 0.05) is 17.5 Å². The zero-order valence-corrected chi connectivity index (χ0v) is 12.5.